The molecule has 202 valence electrons. The van der Waals surface area contributed by atoms with E-state index in [2.05, 4.69) is 4.72 Å². The van der Waals surface area contributed by atoms with Crippen molar-refractivity contribution >= 4 is 66.1 Å². The van der Waals surface area contributed by atoms with E-state index in [-0.39, 0.29) is 32.5 Å². The maximum atomic E-state index is 13.5. The van der Waals surface area contributed by atoms with Crippen LogP contribution in [0, 0.1) is 20.2 Å². The number of nitrogens with zero attached hydrogens (tertiary/aromatic N) is 3. The van der Waals surface area contributed by atoms with Crippen LogP contribution in [0.1, 0.15) is 20.7 Å². The average Bonchev–Trinajstić information content (AvgIpc) is 2.95. The zero-order valence-electron chi connectivity index (χ0n) is 20.7. The predicted octanol–water partition coefficient (Wildman–Crippen LogP) is 5.41. The van der Waals surface area contributed by atoms with Crippen molar-refractivity contribution in [3.63, 3.8) is 0 Å². The summed E-state index contributed by atoms with van der Waals surface area (Å²) < 4.78 is 28.9. The molecule has 12 nitrogen and oxygen atoms in total. The van der Waals surface area contributed by atoms with Gasteiger partial charge in [-0.15, -0.1) is 0 Å². The molecule has 0 radical (unpaired) electrons. The Hall–Kier alpha value is -5.69. The third-order valence-electron chi connectivity index (χ3n) is 6.75. The standard InChI is InChI=1S/C28H16N4O8S/c33-27-23-14-19(31(35)36)12-17-13-20(32(37)38)15-24(26(17)23)28(34)30(27)18-8-10-21(11-9-18)41(39,40)29-25-7-3-5-16-4-1-2-6-22(16)25/h1-15,29H. The number of carbonyl (C=O) groups excluding carboxylic acids is 2. The summed E-state index contributed by atoms with van der Waals surface area (Å²) in [5.41, 5.74) is -1.01. The number of anilines is 2. The summed E-state index contributed by atoms with van der Waals surface area (Å²) in [7, 11) is -4.08. The molecule has 5 aromatic rings. The van der Waals surface area contributed by atoms with Gasteiger partial charge in [-0.2, -0.15) is 0 Å². The fourth-order valence-corrected chi connectivity index (χ4v) is 5.97. The number of sulfonamides is 1. The molecule has 1 N–H and O–H groups in total. The Labute approximate surface area is 230 Å². The van der Waals surface area contributed by atoms with Crippen LogP contribution in [-0.4, -0.2) is 30.1 Å². The van der Waals surface area contributed by atoms with Crippen LogP contribution in [0.25, 0.3) is 21.5 Å². The Morgan fingerprint density at radius 1 is 0.683 bits per heavy atom. The first kappa shape index (κ1) is 25.6. The third kappa shape index (κ3) is 4.20. The lowest BCUT2D eigenvalue weighted by Crippen LogP contribution is -2.40. The first-order valence-corrected chi connectivity index (χ1v) is 13.4. The van der Waals surface area contributed by atoms with E-state index in [0.29, 0.717) is 16.0 Å². The number of imide groups is 1. The second kappa shape index (κ2) is 9.20. The number of hydrogen-bond donors (Lipinski definition) is 1. The SMILES string of the molecule is O=C1c2cc([N+](=O)[O-])cc3cc([N+](=O)[O-])cc(c23)C(=O)N1c1ccc(S(=O)(=O)Nc2cccc3ccccc23)cc1. The van der Waals surface area contributed by atoms with E-state index in [1.807, 2.05) is 18.2 Å². The number of fused-ring (bicyclic) bond motifs is 1. The van der Waals surface area contributed by atoms with Gasteiger partial charge >= 0.3 is 0 Å². The Bertz CT molecular complexity index is 2020. The van der Waals surface area contributed by atoms with Crippen molar-refractivity contribution in [2.24, 2.45) is 0 Å². The van der Waals surface area contributed by atoms with Crippen molar-refractivity contribution in [2.75, 3.05) is 9.62 Å². The molecule has 0 bridgehead atoms. The van der Waals surface area contributed by atoms with Crippen molar-refractivity contribution in [1.82, 2.24) is 0 Å². The number of hydrogen-bond acceptors (Lipinski definition) is 8. The Kier molecular flexibility index (Phi) is 5.74. The topological polar surface area (TPSA) is 170 Å². The molecule has 1 aliphatic heterocycles. The Morgan fingerprint density at radius 2 is 1.24 bits per heavy atom. The zero-order chi connectivity index (χ0) is 29.1. The lowest BCUT2D eigenvalue weighted by atomic mass is 9.92. The van der Waals surface area contributed by atoms with Gasteiger partial charge in [0.05, 0.1) is 37.2 Å². The van der Waals surface area contributed by atoms with E-state index >= 15 is 0 Å². The van der Waals surface area contributed by atoms with Gasteiger partial charge in [0.1, 0.15) is 0 Å². The van der Waals surface area contributed by atoms with Gasteiger partial charge < -0.3 is 0 Å². The molecule has 0 saturated carbocycles. The molecule has 0 atom stereocenters. The first-order chi connectivity index (χ1) is 19.5. The van der Waals surface area contributed by atoms with E-state index in [1.165, 1.54) is 24.3 Å². The molecule has 0 fully saturated rings. The summed E-state index contributed by atoms with van der Waals surface area (Å²) in [6, 6.07) is 21.4. The van der Waals surface area contributed by atoms with Gasteiger partial charge in [-0.3, -0.25) is 34.5 Å². The van der Waals surface area contributed by atoms with Gasteiger partial charge in [0.15, 0.2) is 0 Å². The summed E-state index contributed by atoms with van der Waals surface area (Å²) in [4.78, 5) is 49.0. The number of benzene rings is 5. The highest BCUT2D eigenvalue weighted by Gasteiger charge is 2.37. The fraction of sp³-hybridized carbons (Fsp3) is 0. The molecule has 6 rings (SSSR count). The van der Waals surface area contributed by atoms with Crippen molar-refractivity contribution in [2.45, 2.75) is 4.90 Å². The van der Waals surface area contributed by atoms with Crippen LogP contribution < -0.4 is 9.62 Å². The number of nitrogens with one attached hydrogen (secondary N) is 1. The van der Waals surface area contributed by atoms with Crippen LogP contribution >= 0.6 is 0 Å². The summed E-state index contributed by atoms with van der Waals surface area (Å²) in [5.74, 6) is -1.79. The van der Waals surface area contributed by atoms with Gasteiger partial charge in [-0.1, -0.05) is 36.4 Å². The molecule has 1 heterocycles. The van der Waals surface area contributed by atoms with Gasteiger partial charge in [0, 0.05) is 35.0 Å². The smallest absolute Gasteiger partial charge is 0.270 e. The lowest BCUT2D eigenvalue weighted by molar-refractivity contribution is -0.385. The van der Waals surface area contributed by atoms with E-state index in [0.717, 1.165) is 29.7 Å². The minimum atomic E-state index is -4.08. The molecule has 0 aliphatic carbocycles. The second-order valence-electron chi connectivity index (χ2n) is 9.17. The molecule has 0 saturated heterocycles. The highest BCUT2D eigenvalue weighted by Crippen LogP contribution is 2.38. The van der Waals surface area contributed by atoms with Crippen LogP contribution in [-0.2, 0) is 10.0 Å². The second-order valence-corrected chi connectivity index (χ2v) is 10.9. The minimum absolute atomic E-state index is 0.000650. The monoisotopic (exact) mass is 568 g/mol. The number of rotatable bonds is 6. The van der Waals surface area contributed by atoms with Crippen LogP contribution in [0.15, 0.2) is 95.9 Å². The van der Waals surface area contributed by atoms with E-state index < -0.39 is 43.1 Å². The molecular weight excluding hydrogens is 552 g/mol. The summed E-state index contributed by atoms with van der Waals surface area (Å²) in [6.45, 7) is 0. The zero-order valence-corrected chi connectivity index (χ0v) is 21.5. The van der Waals surface area contributed by atoms with Gasteiger partial charge in [-0.25, -0.2) is 13.3 Å². The lowest BCUT2D eigenvalue weighted by Gasteiger charge is -2.27. The number of amides is 2. The number of non-ortho nitro benzene ring substituents is 2. The molecule has 13 heteroatoms. The summed E-state index contributed by atoms with van der Waals surface area (Å²) in [5, 5.41) is 24.6. The molecule has 0 unspecified atom stereocenters. The average molecular weight is 569 g/mol. The van der Waals surface area contributed by atoms with Crippen LogP contribution in [0.5, 0.6) is 0 Å². The van der Waals surface area contributed by atoms with Crippen molar-refractivity contribution in [3.8, 4) is 0 Å². The number of carbonyl (C=O) groups is 2. The maximum Gasteiger partial charge on any atom is 0.270 e. The summed E-state index contributed by atoms with van der Waals surface area (Å²) in [6.07, 6.45) is 0. The van der Waals surface area contributed by atoms with E-state index in [4.69, 9.17) is 0 Å². The Morgan fingerprint density at radius 3 is 1.83 bits per heavy atom. The van der Waals surface area contributed by atoms with Crippen molar-refractivity contribution in [1.29, 1.82) is 0 Å². The van der Waals surface area contributed by atoms with E-state index in [9.17, 15) is 38.2 Å². The minimum Gasteiger partial charge on any atom is -0.279 e. The molecular formula is C28H16N4O8S. The first-order valence-electron chi connectivity index (χ1n) is 12.0. The van der Waals surface area contributed by atoms with Gasteiger partial charge in [0.25, 0.3) is 33.2 Å². The van der Waals surface area contributed by atoms with Crippen LogP contribution in [0.3, 0.4) is 0 Å². The number of nitro benzene ring substituents is 2. The van der Waals surface area contributed by atoms with Crippen molar-refractivity contribution in [3.05, 3.63) is 122 Å². The summed E-state index contributed by atoms with van der Waals surface area (Å²) >= 11 is 0. The van der Waals surface area contributed by atoms with Crippen LogP contribution in [0.2, 0.25) is 0 Å². The van der Waals surface area contributed by atoms with Gasteiger partial charge in [-0.05, 0) is 41.1 Å². The van der Waals surface area contributed by atoms with Gasteiger partial charge in [0.2, 0.25) is 0 Å². The number of nitro groups is 2. The molecule has 5 aromatic carbocycles. The van der Waals surface area contributed by atoms with E-state index in [1.54, 1.807) is 24.3 Å². The fourth-order valence-electron chi connectivity index (χ4n) is 4.89. The van der Waals surface area contributed by atoms with Crippen LogP contribution in [0.4, 0.5) is 22.7 Å². The quantitative estimate of drug-likeness (QED) is 0.161. The molecule has 0 spiro atoms. The molecule has 2 amide bonds. The molecule has 1 aliphatic rings. The molecule has 0 aromatic heterocycles. The predicted molar refractivity (Wildman–Crippen MR) is 150 cm³/mol. The largest absolute Gasteiger partial charge is 0.279 e. The highest BCUT2D eigenvalue weighted by molar-refractivity contribution is 7.92. The molecule has 41 heavy (non-hydrogen) atoms. The highest BCUT2D eigenvalue weighted by atomic mass is 32.2. The van der Waals surface area contributed by atoms with Crippen molar-refractivity contribution < 1.29 is 27.9 Å². The normalized spacial score (nSPS) is 13.0. The maximum absolute atomic E-state index is 13.5. The Balaban J connectivity index is 1.40. The third-order valence-corrected chi connectivity index (χ3v) is 8.13.